The molecule has 18 heavy (non-hydrogen) atoms. The summed E-state index contributed by atoms with van der Waals surface area (Å²) in [6.07, 6.45) is 0.441. The quantitative estimate of drug-likeness (QED) is 0.604. The molecular weight excluding hydrogens is 236 g/mol. The van der Waals surface area contributed by atoms with Crippen molar-refractivity contribution in [3.8, 4) is 0 Å². The molecule has 1 unspecified atom stereocenters. The Morgan fingerprint density at radius 3 is 2.83 bits per heavy atom. The number of carbonyl (C=O) groups excluding carboxylic acids is 1. The molecule has 0 bridgehead atoms. The van der Waals surface area contributed by atoms with Crippen molar-refractivity contribution in [1.82, 2.24) is 0 Å². The lowest BCUT2D eigenvalue weighted by Crippen LogP contribution is -2.15. The van der Waals surface area contributed by atoms with Gasteiger partial charge in [-0.05, 0) is 22.9 Å². The van der Waals surface area contributed by atoms with Gasteiger partial charge in [-0.3, -0.25) is 4.79 Å². The highest BCUT2D eigenvalue weighted by molar-refractivity contribution is 6.01. The van der Waals surface area contributed by atoms with E-state index in [1.165, 1.54) is 7.11 Å². The molecule has 1 heterocycles. The zero-order valence-electron chi connectivity index (χ0n) is 9.83. The fourth-order valence-electron chi connectivity index (χ4n) is 1.69. The number of nitroso groups, excluding NO2 is 1. The SMILES string of the molecule is COC(=O)CC1CC(c2ccc(N=O)cc2)=NO1. The lowest BCUT2D eigenvalue weighted by molar-refractivity contribution is -0.143. The van der Waals surface area contributed by atoms with Crippen LogP contribution >= 0.6 is 0 Å². The summed E-state index contributed by atoms with van der Waals surface area (Å²) in [7, 11) is 1.34. The fourth-order valence-corrected chi connectivity index (χ4v) is 1.69. The van der Waals surface area contributed by atoms with Gasteiger partial charge in [0, 0.05) is 6.42 Å². The van der Waals surface area contributed by atoms with E-state index in [-0.39, 0.29) is 18.5 Å². The maximum Gasteiger partial charge on any atom is 0.309 e. The molecule has 2 rings (SSSR count). The number of benzene rings is 1. The highest BCUT2D eigenvalue weighted by atomic mass is 16.6. The van der Waals surface area contributed by atoms with Crippen LogP contribution in [0.2, 0.25) is 0 Å². The van der Waals surface area contributed by atoms with Crippen LogP contribution in [0.3, 0.4) is 0 Å². The predicted octanol–water partition coefficient (Wildman–Crippen LogP) is 2.14. The highest BCUT2D eigenvalue weighted by Gasteiger charge is 2.24. The van der Waals surface area contributed by atoms with Crippen molar-refractivity contribution in [2.45, 2.75) is 18.9 Å². The van der Waals surface area contributed by atoms with Gasteiger partial charge in [0.15, 0.2) is 0 Å². The van der Waals surface area contributed by atoms with Crippen LogP contribution in [0, 0.1) is 4.91 Å². The minimum absolute atomic E-state index is 0.178. The molecule has 0 N–H and O–H groups in total. The van der Waals surface area contributed by atoms with Crippen molar-refractivity contribution in [3.63, 3.8) is 0 Å². The summed E-state index contributed by atoms with van der Waals surface area (Å²) in [5.74, 6) is -0.322. The van der Waals surface area contributed by atoms with Gasteiger partial charge in [0.1, 0.15) is 11.8 Å². The van der Waals surface area contributed by atoms with Gasteiger partial charge >= 0.3 is 5.97 Å². The minimum atomic E-state index is -0.322. The number of ether oxygens (including phenoxy) is 1. The number of rotatable bonds is 4. The van der Waals surface area contributed by atoms with E-state index in [0.717, 1.165) is 11.3 Å². The molecule has 1 aromatic rings. The number of methoxy groups -OCH3 is 1. The maximum atomic E-state index is 11.1. The second-order valence-corrected chi connectivity index (χ2v) is 3.89. The number of hydrogen-bond donors (Lipinski definition) is 0. The molecule has 1 aromatic carbocycles. The van der Waals surface area contributed by atoms with Gasteiger partial charge in [-0.1, -0.05) is 17.3 Å². The molecule has 1 aliphatic heterocycles. The van der Waals surface area contributed by atoms with E-state index in [1.54, 1.807) is 24.3 Å². The molecule has 0 aromatic heterocycles. The Morgan fingerprint density at radius 1 is 1.50 bits per heavy atom. The Labute approximate surface area is 104 Å². The molecule has 6 nitrogen and oxygen atoms in total. The van der Waals surface area contributed by atoms with Crippen LogP contribution in [0.5, 0.6) is 0 Å². The Balaban J connectivity index is 1.99. The Hall–Kier alpha value is -2.24. The van der Waals surface area contributed by atoms with E-state index in [9.17, 15) is 9.70 Å². The van der Waals surface area contributed by atoms with Crippen LogP contribution < -0.4 is 0 Å². The highest BCUT2D eigenvalue weighted by Crippen LogP contribution is 2.21. The van der Waals surface area contributed by atoms with Crippen LogP contribution in [0.1, 0.15) is 18.4 Å². The van der Waals surface area contributed by atoms with E-state index in [4.69, 9.17) is 4.84 Å². The number of nitrogens with zero attached hydrogens (tertiary/aromatic N) is 2. The summed E-state index contributed by atoms with van der Waals surface area (Å²) in [6.45, 7) is 0. The van der Waals surface area contributed by atoms with E-state index in [1.807, 2.05) is 0 Å². The molecule has 1 atom stereocenters. The number of oxime groups is 1. The molecule has 0 aliphatic carbocycles. The summed E-state index contributed by atoms with van der Waals surface area (Å²) >= 11 is 0. The third-order valence-corrected chi connectivity index (χ3v) is 2.66. The average Bonchev–Trinajstić information content (AvgIpc) is 2.87. The maximum absolute atomic E-state index is 11.1. The van der Waals surface area contributed by atoms with E-state index in [0.29, 0.717) is 12.1 Å². The standard InChI is InChI=1S/C12H12N2O4/c1-17-12(15)7-10-6-11(14-18-10)8-2-4-9(13-16)5-3-8/h2-5,10H,6-7H2,1H3. The molecule has 0 saturated heterocycles. The van der Waals surface area contributed by atoms with Crippen molar-refractivity contribution in [2.75, 3.05) is 7.11 Å². The molecule has 6 heteroatoms. The molecule has 0 spiro atoms. The largest absolute Gasteiger partial charge is 0.469 e. The third kappa shape index (κ3) is 2.71. The summed E-state index contributed by atoms with van der Waals surface area (Å²) in [5.41, 5.74) is 1.97. The first-order valence-electron chi connectivity index (χ1n) is 5.46. The summed E-state index contributed by atoms with van der Waals surface area (Å²) in [4.78, 5) is 26.5. The normalized spacial score (nSPS) is 17.8. The van der Waals surface area contributed by atoms with Gasteiger partial charge in [-0.25, -0.2) is 0 Å². The fraction of sp³-hybridized carbons (Fsp3) is 0.333. The predicted molar refractivity (Wildman–Crippen MR) is 64.6 cm³/mol. The number of carbonyl (C=O) groups is 1. The Kier molecular flexibility index (Phi) is 3.66. The van der Waals surface area contributed by atoms with Crippen LogP contribution in [-0.2, 0) is 14.4 Å². The molecule has 1 aliphatic rings. The van der Waals surface area contributed by atoms with Crippen molar-refractivity contribution in [3.05, 3.63) is 34.7 Å². The summed E-state index contributed by atoms with van der Waals surface area (Å²) < 4.78 is 4.57. The van der Waals surface area contributed by atoms with Gasteiger partial charge in [0.05, 0.1) is 19.2 Å². The van der Waals surface area contributed by atoms with Crippen LogP contribution in [0.25, 0.3) is 0 Å². The lowest BCUT2D eigenvalue weighted by Gasteiger charge is -2.05. The Morgan fingerprint density at radius 2 is 2.22 bits per heavy atom. The van der Waals surface area contributed by atoms with Gasteiger partial charge in [0.2, 0.25) is 0 Å². The second-order valence-electron chi connectivity index (χ2n) is 3.89. The van der Waals surface area contributed by atoms with Crippen molar-refractivity contribution in [2.24, 2.45) is 10.3 Å². The van der Waals surface area contributed by atoms with E-state index < -0.39 is 0 Å². The molecule has 0 saturated carbocycles. The molecule has 94 valence electrons. The van der Waals surface area contributed by atoms with Gasteiger partial charge in [0.25, 0.3) is 0 Å². The number of hydrogen-bond acceptors (Lipinski definition) is 6. The van der Waals surface area contributed by atoms with Crippen LogP contribution in [0.15, 0.2) is 34.6 Å². The van der Waals surface area contributed by atoms with Gasteiger partial charge in [-0.2, -0.15) is 0 Å². The van der Waals surface area contributed by atoms with E-state index >= 15 is 0 Å². The summed E-state index contributed by atoms with van der Waals surface area (Å²) in [5, 5.41) is 6.75. The zero-order chi connectivity index (χ0) is 13.0. The Bertz CT molecular complexity index is 481. The topological polar surface area (TPSA) is 77.3 Å². The van der Waals surface area contributed by atoms with Crippen LogP contribution in [-0.4, -0.2) is 24.9 Å². The first kappa shape index (κ1) is 12.2. The average molecular weight is 248 g/mol. The molecule has 0 radical (unpaired) electrons. The zero-order valence-corrected chi connectivity index (χ0v) is 9.83. The smallest absolute Gasteiger partial charge is 0.309 e. The minimum Gasteiger partial charge on any atom is -0.469 e. The van der Waals surface area contributed by atoms with E-state index in [2.05, 4.69) is 15.1 Å². The first-order chi connectivity index (χ1) is 8.72. The molecule has 0 amide bonds. The van der Waals surface area contributed by atoms with Crippen molar-refractivity contribution in [1.29, 1.82) is 0 Å². The van der Waals surface area contributed by atoms with Gasteiger partial charge in [-0.15, -0.1) is 4.91 Å². The third-order valence-electron chi connectivity index (χ3n) is 2.66. The molecular formula is C12H12N2O4. The van der Waals surface area contributed by atoms with Gasteiger partial charge < -0.3 is 9.57 Å². The monoisotopic (exact) mass is 248 g/mol. The first-order valence-corrected chi connectivity index (χ1v) is 5.46. The van der Waals surface area contributed by atoms with Crippen molar-refractivity contribution < 1.29 is 14.4 Å². The summed E-state index contributed by atoms with van der Waals surface area (Å²) in [6, 6.07) is 6.72. The van der Waals surface area contributed by atoms with Crippen molar-refractivity contribution >= 4 is 17.4 Å². The lowest BCUT2D eigenvalue weighted by atomic mass is 10.0. The second kappa shape index (κ2) is 5.39. The molecule has 0 fully saturated rings. The number of esters is 1. The van der Waals surface area contributed by atoms with Crippen LogP contribution in [0.4, 0.5) is 5.69 Å².